The Morgan fingerprint density at radius 3 is 2.53 bits per heavy atom. The second kappa shape index (κ2) is 8.06. The molecule has 0 spiro atoms. The molecule has 1 atom stereocenters. The second-order valence-corrected chi connectivity index (χ2v) is 5.62. The molecule has 0 saturated heterocycles. The summed E-state index contributed by atoms with van der Waals surface area (Å²) < 4.78 is 5.29. The Morgan fingerprint density at radius 2 is 2.06 bits per heavy atom. The summed E-state index contributed by atoms with van der Waals surface area (Å²) >= 11 is 0. The van der Waals surface area contributed by atoms with Gasteiger partial charge in [-0.25, -0.2) is 0 Å². The molecule has 0 aromatic rings. The first kappa shape index (κ1) is 14.9. The number of rotatable bonds is 10. The first-order chi connectivity index (χ1) is 8.17. The molecule has 1 fully saturated rings. The van der Waals surface area contributed by atoms with Crippen molar-refractivity contribution in [2.45, 2.75) is 52.1 Å². The predicted molar refractivity (Wildman–Crippen MR) is 73.4 cm³/mol. The fourth-order valence-electron chi connectivity index (χ4n) is 2.24. The Labute approximate surface area is 107 Å². The molecule has 0 bridgehead atoms. The van der Waals surface area contributed by atoms with Gasteiger partial charge in [-0.15, -0.1) is 0 Å². The van der Waals surface area contributed by atoms with Gasteiger partial charge in [-0.3, -0.25) is 4.90 Å². The minimum absolute atomic E-state index is 0.484. The van der Waals surface area contributed by atoms with E-state index < -0.39 is 0 Å². The van der Waals surface area contributed by atoms with Gasteiger partial charge < -0.3 is 10.1 Å². The Morgan fingerprint density at radius 1 is 1.35 bits per heavy atom. The number of likely N-dealkylation sites (N-methyl/N-ethyl adjacent to an activating group) is 1. The van der Waals surface area contributed by atoms with Gasteiger partial charge in [0.2, 0.25) is 0 Å². The summed E-state index contributed by atoms with van der Waals surface area (Å²) in [5.41, 5.74) is 0. The summed E-state index contributed by atoms with van der Waals surface area (Å²) in [7, 11) is 1.79. The van der Waals surface area contributed by atoms with Crippen LogP contribution < -0.4 is 5.32 Å². The van der Waals surface area contributed by atoms with Crippen LogP contribution in [0.2, 0.25) is 0 Å². The summed E-state index contributed by atoms with van der Waals surface area (Å²) in [5, 5.41) is 3.52. The van der Waals surface area contributed by atoms with Crippen LogP contribution in [0.1, 0.15) is 40.0 Å². The molecule has 0 radical (unpaired) electrons. The van der Waals surface area contributed by atoms with Gasteiger partial charge in [0.05, 0.1) is 6.61 Å². The van der Waals surface area contributed by atoms with E-state index in [9.17, 15) is 0 Å². The van der Waals surface area contributed by atoms with E-state index in [1.807, 2.05) is 0 Å². The molecule has 1 N–H and O–H groups in total. The Kier molecular flexibility index (Phi) is 7.09. The van der Waals surface area contributed by atoms with E-state index in [4.69, 9.17) is 4.74 Å². The van der Waals surface area contributed by atoms with Gasteiger partial charge in [0.25, 0.3) is 0 Å². The van der Waals surface area contributed by atoms with Crippen molar-refractivity contribution in [2.75, 3.05) is 33.4 Å². The Balaban J connectivity index is 2.34. The van der Waals surface area contributed by atoms with Crippen LogP contribution in [-0.4, -0.2) is 50.3 Å². The van der Waals surface area contributed by atoms with E-state index >= 15 is 0 Å². The molecule has 1 aliphatic rings. The van der Waals surface area contributed by atoms with Gasteiger partial charge in [0.15, 0.2) is 0 Å². The summed E-state index contributed by atoms with van der Waals surface area (Å²) in [4.78, 5) is 2.66. The van der Waals surface area contributed by atoms with E-state index in [0.29, 0.717) is 6.04 Å². The summed E-state index contributed by atoms with van der Waals surface area (Å²) in [6, 6.07) is 1.34. The van der Waals surface area contributed by atoms with Gasteiger partial charge in [0.1, 0.15) is 0 Å². The van der Waals surface area contributed by atoms with E-state index in [-0.39, 0.29) is 0 Å². The number of hydrogen-bond donors (Lipinski definition) is 1. The molecule has 0 aliphatic heterocycles. The maximum absolute atomic E-state index is 5.29. The quantitative estimate of drug-likeness (QED) is 0.635. The topological polar surface area (TPSA) is 24.5 Å². The monoisotopic (exact) mass is 242 g/mol. The van der Waals surface area contributed by atoms with Crippen LogP contribution in [-0.2, 0) is 4.74 Å². The van der Waals surface area contributed by atoms with Crippen LogP contribution in [0.5, 0.6) is 0 Å². The molecule has 0 aromatic carbocycles. The van der Waals surface area contributed by atoms with E-state index in [1.165, 1.54) is 25.8 Å². The maximum Gasteiger partial charge on any atom is 0.0628 e. The minimum atomic E-state index is 0.484. The highest BCUT2D eigenvalue weighted by atomic mass is 16.5. The molecule has 3 nitrogen and oxygen atoms in total. The Bertz CT molecular complexity index is 187. The average Bonchev–Trinajstić information content (AvgIpc) is 3.08. The third kappa shape index (κ3) is 6.39. The molecule has 0 aromatic heterocycles. The molecule has 3 heteroatoms. The van der Waals surface area contributed by atoms with Crippen molar-refractivity contribution < 1.29 is 4.74 Å². The average molecular weight is 242 g/mol. The van der Waals surface area contributed by atoms with Crippen molar-refractivity contribution in [3.8, 4) is 0 Å². The molecule has 102 valence electrons. The zero-order valence-corrected chi connectivity index (χ0v) is 12.0. The number of ether oxygens (including phenoxy) is 1. The summed E-state index contributed by atoms with van der Waals surface area (Å²) in [5.74, 6) is 0.802. The molecular formula is C14H30N2O. The number of hydrogen-bond acceptors (Lipinski definition) is 3. The molecule has 0 amide bonds. The lowest BCUT2D eigenvalue weighted by Crippen LogP contribution is -2.45. The van der Waals surface area contributed by atoms with Crippen molar-refractivity contribution >= 4 is 0 Å². The first-order valence-electron chi connectivity index (χ1n) is 7.13. The third-order valence-electron chi connectivity index (χ3n) is 3.37. The highest BCUT2D eigenvalue weighted by molar-refractivity contribution is 4.87. The maximum atomic E-state index is 5.29. The van der Waals surface area contributed by atoms with Crippen molar-refractivity contribution in [1.29, 1.82) is 0 Å². The van der Waals surface area contributed by atoms with Crippen molar-refractivity contribution in [2.24, 2.45) is 5.92 Å². The minimum Gasteiger partial charge on any atom is -0.383 e. The van der Waals surface area contributed by atoms with E-state index in [1.54, 1.807) is 7.11 Å². The van der Waals surface area contributed by atoms with Crippen LogP contribution in [0.3, 0.4) is 0 Å². The zero-order chi connectivity index (χ0) is 12.7. The van der Waals surface area contributed by atoms with Gasteiger partial charge >= 0.3 is 0 Å². The SMILES string of the molecule is CCNC(COC)CN(CCC(C)C)C1CC1. The van der Waals surface area contributed by atoms with Gasteiger partial charge in [-0.2, -0.15) is 0 Å². The number of methoxy groups -OCH3 is 1. The molecule has 1 aliphatic carbocycles. The number of nitrogens with zero attached hydrogens (tertiary/aromatic N) is 1. The zero-order valence-electron chi connectivity index (χ0n) is 12.0. The van der Waals surface area contributed by atoms with E-state index in [2.05, 4.69) is 31.0 Å². The smallest absolute Gasteiger partial charge is 0.0628 e. The molecule has 1 saturated carbocycles. The van der Waals surface area contributed by atoms with Gasteiger partial charge in [0, 0.05) is 25.7 Å². The largest absolute Gasteiger partial charge is 0.383 e. The molecular weight excluding hydrogens is 212 g/mol. The fourth-order valence-corrected chi connectivity index (χ4v) is 2.24. The van der Waals surface area contributed by atoms with Gasteiger partial charge in [-0.05, 0) is 38.3 Å². The first-order valence-corrected chi connectivity index (χ1v) is 7.13. The van der Waals surface area contributed by atoms with Crippen LogP contribution in [0.25, 0.3) is 0 Å². The highest BCUT2D eigenvalue weighted by Crippen LogP contribution is 2.27. The summed E-state index contributed by atoms with van der Waals surface area (Å²) in [6.07, 6.45) is 4.09. The van der Waals surface area contributed by atoms with Gasteiger partial charge in [-0.1, -0.05) is 20.8 Å². The number of nitrogens with one attached hydrogen (secondary N) is 1. The molecule has 1 unspecified atom stereocenters. The van der Waals surface area contributed by atoms with Crippen LogP contribution in [0, 0.1) is 5.92 Å². The lowest BCUT2D eigenvalue weighted by Gasteiger charge is -2.28. The lowest BCUT2D eigenvalue weighted by molar-refractivity contribution is 0.133. The van der Waals surface area contributed by atoms with Crippen LogP contribution in [0.15, 0.2) is 0 Å². The predicted octanol–water partition coefficient (Wildman–Crippen LogP) is 2.12. The van der Waals surface area contributed by atoms with E-state index in [0.717, 1.165) is 31.7 Å². The molecule has 0 heterocycles. The molecule has 17 heavy (non-hydrogen) atoms. The fraction of sp³-hybridized carbons (Fsp3) is 1.00. The van der Waals surface area contributed by atoms with Crippen molar-refractivity contribution in [3.63, 3.8) is 0 Å². The van der Waals surface area contributed by atoms with Crippen LogP contribution in [0.4, 0.5) is 0 Å². The second-order valence-electron chi connectivity index (χ2n) is 5.62. The Hall–Kier alpha value is -0.120. The van der Waals surface area contributed by atoms with Crippen molar-refractivity contribution in [1.82, 2.24) is 10.2 Å². The standard InChI is InChI=1S/C14H30N2O/c1-5-15-13(11-17-4)10-16(14-6-7-14)9-8-12(2)3/h12-15H,5-11H2,1-4H3. The lowest BCUT2D eigenvalue weighted by atomic mass is 10.1. The summed E-state index contributed by atoms with van der Waals surface area (Å²) in [6.45, 7) is 11.0. The normalized spacial score (nSPS) is 18.0. The van der Waals surface area contributed by atoms with Crippen molar-refractivity contribution in [3.05, 3.63) is 0 Å². The third-order valence-corrected chi connectivity index (χ3v) is 3.37. The van der Waals surface area contributed by atoms with Crippen LogP contribution >= 0.6 is 0 Å². The highest BCUT2D eigenvalue weighted by Gasteiger charge is 2.30. The molecule has 1 rings (SSSR count).